The molecule has 0 bridgehead atoms. The van der Waals surface area contributed by atoms with E-state index in [2.05, 4.69) is 27.9 Å². The molecule has 0 aliphatic heterocycles. The average Bonchev–Trinajstić information content (AvgIpc) is 2.53. The number of esters is 1. The van der Waals surface area contributed by atoms with Crippen LogP contribution in [0.1, 0.15) is 39.7 Å². The van der Waals surface area contributed by atoms with Crippen molar-refractivity contribution in [2.45, 2.75) is 51.9 Å². The second-order valence-electron chi connectivity index (χ2n) is 6.36. The molecule has 0 fully saturated rings. The summed E-state index contributed by atoms with van der Waals surface area (Å²) in [6.07, 6.45) is -0.998. The van der Waals surface area contributed by atoms with Crippen molar-refractivity contribution < 1.29 is 24.5 Å². The summed E-state index contributed by atoms with van der Waals surface area (Å²) in [5.74, 6) is -1.25. The predicted octanol–water partition coefficient (Wildman–Crippen LogP) is 1.95. The van der Waals surface area contributed by atoms with Crippen molar-refractivity contribution in [2.75, 3.05) is 6.61 Å². The molecule has 7 heteroatoms. The van der Waals surface area contributed by atoms with Gasteiger partial charge in [0, 0.05) is 3.57 Å². The maximum atomic E-state index is 12.8. The second-order valence-corrected chi connectivity index (χ2v) is 7.60. The largest absolute Gasteiger partial charge is 0.464 e. The van der Waals surface area contributed by atoms with Crippen molar-refractivity contribution in [1.29, 1.82) is 0 Å². The summed E-state index contributed by atoms with van der Waals surface area (Å²) in [5, 5.41) is 23.5. The van der Waals surface area contributed by atoms with Gasteiger partial charge in [-0.05, 0) is 66.5 Å². The summed E-state index contributed by atoms with van der Waals surface area (Å²) in [5.41, 5.74) is -1.90. The van der Waals surface area contributed by atoms with Gasteiger partial charge in [0.15, 0.2) is 5.60 Å². The highest BCUT2D eigenvalue weighted by atomic mass is 127. The molecule has 0 heterocycles. The van der Waals surface area contributed by atoms with Crippen LogP contribution in [0.3, 0.4) is 0 Å². The Morgan fingerprint density at radius 3 is 2.24 bits per heavy atom. The number of carbonyl (C=O) groups excluding carboxylic acids is 2. The molecule has 3 N–H and O–H groups in total. The number of aliphatic hydroxyl groups is 2. The molecule has 140 valence electrons. The van der Waals surface area contributed by atoms with Crippen LogP contribution in [0, 0.1) is 9.49 Å². The Hall–Kier alpha value is -1.19. The molecule has 1 rings (SSSR count). The number of ether oxygens (including phenoxy) is 1. The summed E-state index contributed by atoms with van der Waals surface area (Å²) in [7, 11) is 0. The summed E-state index contributed by atoms with van der Waals surface area (Å²) in [4.78, 5) is 24.9. The number of hydrogen-bond donors (Lipinski definition) is 3. The molecule has 25 heavy (non-hydrogen) atoms. The van der Waals surface area contributed by atoms with Crippen molar-refractivity contribution in [3.05, 3.63) is 33.4 Å². The molecule has 3 atom stereocenters. The van der Waals surface area contributed by atoms with Crippen LogP contribution in [-0.4, -0.2) is 40.8 Å². The number of benzene rings is 1. The average molecular weight is 463 g/mol. The quantitative estimate of drug-likeness (QED) is 0.405. The van der Waals surface area contributed by atoms with Crippen molar-refractivity contribution in [3.8, 4) is 0 Å². The lowest BCUT2D eigenvalue weighted by Crippen LogP contribution is -2.55. The number of amides is 1. The summed E-state index contributed by atoms with van der Waals surface area (Å²) in [6, 6.07) is 5.73. The summed E-state index contributed by atoms with van der Waals surface area (Å²) < 4.78 is 5.93. The number of hydrogen-bond acceptors (Lipinski definition) is 5. The van der Waals surface area contributed by atoms with Gasteiger partial charge in [-0.25, -0.2) is 4.79 Å². The molecule has 6 nitrogen and oxygen atoms in total. The fraction of sp³-hybridized carbons (Fsp3) is 0.556. The van der Waals surface area contributed by atoms with Crippen LogP contribution in [0.25, 0.3) is 0 Å². The maximum absolute atomic E-state index is 12.8. The van der Waals surface area contributed by atoms with E-state index in [1.807, 2.05) is 13.8 Å². The fourth-order valence-corrected chi connectivity index (χ4v) is 2.82. The fourth-order valence-electron chi connectivity index (χ4n) is 2.46. The zero-order valence-electron chi connectivity index (χ0n) is 15.0. The molecule has 1 amide bonds. The van der Waals surface area contributed by atoms with Crippen molar-refractivity contribution in [2.24, 2.45) is 5.92 Å². The standard InChI is InChI=1S/C18H26INO5/c1-5-25-16(22)15(10-11(2)3)20-17(23)18(24,12(4)21)13-6-8-14(19)9-7-13/h6-9,11-12,15,21,24H,5,10H2,1-4H3,(H,20,23)/t12-,15?,18+/m0/s1. The van der Waals surface area contributed by atoms with Gasteiger partial charge in [0.05, 0.1) is 12.7 Å². The first kappa shape index (κ1) is 21.9. The van der Waals surface area contributed by atoms with Gasteiger partial charge in [-0.3, -0.25) is 4.79 Å². The first-order valence-corrected chi connectivity index (χ1v) is 9.34. The molecule has 0 aromatic heterocycles. The highest BCUT2D eigenvalue weighted by molar-refractivity contribution is 14.1. The topological polar surface area (TPSA) is 95.9 Å². The first-order valence-electron chi connectivity index (χ1n) is 8.26. The van der Waals surface area contributed by atoms with Crippen LogP contribution >= 0.6 is 22.6 Å². The molecule has 0 aliphatic carbocycles. The van der Waals surface area contributed by atoms with Crippen LogP contribution < -0.4 is 5.32 Å². The second kappa shape index (κ2) is 9.49. The molecular formula is C18H26INO5. The number of halogens is 1. The Morgan fingerprint density at radius 1 is 1.24 bits per heavy atom. The third kappa shape index (κ3) is 5.65. The maximum Gasteiger partial charge on any atom is 0.328 e. The van der Waals surface area contributed by atoms with E-state index in [4.69, 9.17) is 4.74 Å². The van der Waals surface area contributed by atoms with Crippen LogP contribution in [0.15, 0.2) is 24.3 Å². The molecule has 0 saturated carbocycles. The zero-order valence-corrected chi connectivity index (χ0v) is 17.1. The Balaban J connectivity index is 3.11. The van der Waals surface area contributed by atoms with Crippen LogP contribution in [0.4, 0.5) is 0 Å². The van der Waals surface area contributed by atoms with Crippen molar-refractivity contribution in [1.82, 2.24) is 5.32 Å². The molecule has 0 saturated heterocycles. The molecule has 1 aromatic rings. The molecule has 1 unspecified atom stereocenters. The Morgan fingerprint density at radius 2 is 1.80 bits per heavy atom. The van der Waals surface area contributed by atoms with Gasteiger partial charge in [0.2, 0.25) is 0 Å². The number of carbonyl (C=O) groups is 2. The van der Waals surface area contributed by atoms with Crippen molar-refractivity contribution in [3.63, 3.8) is 0 Å². The molecule has 0 radical (unpaired) electrons. The lowest BCUT2D eigenvalue weighted by atomic mass is 9.87. The lowest BCUT2D eigenvalue weighted by molar-refractivity contribution is -0.159. The third-order valence-electron chi connectivity index (χ3n) is 3.82. The molecular weight excluding hydrogens is 437 g/mol. The van der Waals surface area contributed by atoms with Gasteiger partial charge >= 0.3 is 5.97 Å². The molecule has 1 aromatic carbocycles. The van der Waals surface area contributed by atoms with Crippen molar-refractivity contribution >= 4 is 34.5 Å². The molecule has 0 aliphatic rings. The smallest absolute Gasteiger partial charge is 0.328 e. The third-order valence-corrected chi connectivity index (χ3v) is 4.54. The van der Waals surface area contributed by atoms with E-state index in [1.54, 1.807) is 31.2 Å². The number of rotatable bonds is 8. The predicted molar refractivity (Wildman–Crippen MR) is 103 cm³/mol. The minimum absolute atomic E-state index is 0.132. The highest BCUT2D eigenvalue weighted by Gasteiger charge is 2.44. The lowest BCUT2D eigenvalue weighted by Gasteiger charge is -2.32. The Labute approximate surface area is 162 Å². The van der Waals surface area contributed by atoms with Gasteiger partial charge in [0.25, 0.3) is 5.91 Å². The number of aliphatic hydroxyl groups excluding tert-OH is 1. The SMILES string of the molecule is CCOC(=O)C(CC(C)C)NC(=O)[C@](O)(c1ccc(I)cc1)[C@H](C)O. The van der Waals surface area contributed by atoms with Crippen LogP contribution in [0.5, 0.6) is 0 Å². The van der Waals surface area contributed by atoms with Gasteiger partial charge in [-0.1, -0.05) is 26.0 Å². The number of nitrogens with one attached hydrogen (secondary N) is 1. The van der Waals surface area contributed by atoms with E-state index in [0.717, 1.165) is 3.57 Å². The minimum atomic E-state index is -2.16. The molecule has 0 spiro atoms. The van der Waals surface area contributed by atoms with Gasteiger partial charge in [-0.15, -0.1) is 0 Å². The summed E-state index contributed by atoms with van der Waals surface area (Å²) in [6.45, 7) is 7.04. The van der Waals surface area contributed by atoms with Gasteiger partial charge in [0.1, 0.15) is 6.04 Å². The zero-order chi connectivity index (χ0) is 19.2. The van der Waals surface area contributed by atoms with E-state index < -0.39 is 29.6 Å². The van der Waals surface area contributed by atoms with Crippen LogP contribution in [-0.2, 0) is 19.9 Å². The van der Waals surface area contributed by atoms with Gasteiger partial charge in [-0.2, -0.15) is 0 Å². The Kier molecular flexibility index (Phi) is 8.30. The van der Waals surface area contributed by atoms with E-state index in [-0.39, 0.29) is 18.1 Å². The van der Waals surface area contributed by atoms with E-state index >= 15 is 0 Å². The van der Waals surface area contributed by atoms with Crippen LogP contribution in [0.2, 0.25) is 0 Å². The normalized spacial score (nSPS) is 16.0. The van der Waals surface area contributed by atoms with E-state index in [0.29, 0.717) is 6.42 Å². The highest BCUT2D eigenvalue weighted by Crippen LogP contribution is 2.27. The van der Waals surface area contributed by atoms with E-state index in [1.165, 1.54) is 6.92 Å². The van der Waals surface area contributed by atoms with Gasteiger partial charge < -0.3 is 20.3 Å². The summed E-state index contributed by atoms with van der Waals surface area (Å²) >= 11 is 2.10. The van der Waals surface area contributed by atoms with E-state index in [9.17, 15) is 19.8 Å². The Bertz CT molecular complexity index is 588. The monoisotopic (exact) mass is 463 g/mol. The minimum Gasteiger partial charge on any atom is -0.464 e. The first-order chi connectivity index (χ1) is 11.6.